The number of amidine groups is 1. The molecule has 0 unspecified atom stereocenters. The number of hydrazine groups is 2. The van der Waals surface area contributed by atoms with Crippen molar-refractivity contribution in [1.29, 1.82) is 0 Å². The van der Waals surface area contributed by atoms with Crippen molar-refractivity contribution in [2.45, 2.75) is 20.3 Å². The number of nitrogens with one attached hydrogen (secondary N) is 3. The van der Waals surface area contributed by atoms with Crippen molar-refractivity contribution in [3.8, 4) is 16.8 Å². The molecule has 2 heterocycles. The van der Waals surface area contributed by atoms with E-state index in [9.17, 15) is 0 Å². The zero-order valence-corrected chi connectivity index (χ0v) is 14.2. The molecule has 1 aliphatic rings. The number of hydrogen-bond acceptors (Lipinski definition) is 5. The monoisotopic (exact) mass is 332 g/mol. The summed E-state index contributed by atoms with van der Waals surface area (Å²) in [5, 5.41) is 4.16. The summed E-state index contributed by atoms with van der Waals surface area (Å²) in [6, 6.07) is 13.0. The molecule has 3 aromatic rings. The third kappa shape index (κ3) is 2.88. The van der Waals surface area contributed by atoms with E-state index in [1.165, 1.54) is 22.3 Å². The van der Waals surface area contributed by atoms with Crippen LogP contribution < -0.4 is 16.5 Å². The smallest absolute Gasteiger partial charge is 0.170 e. The fourth-order valence-electron chi connectivity index (χ4n) is 3.16. The molecule has 0 bridgehead atoms. The normalized spacial score (nSPS) is 13.3. The van der Waals surface area contributed by atoms with Crippen molar-refractivity contribution in [2.24, 2.45) is 5.10 Å². The molecule has 1 aromatic heterocycles. The molecular weight excluding hydrogens is 312 g/mol. The molecule has 4 rings (SSSR count). The second kappa shape index (κ2) is 6.41. The predicted molar refractivity (Wildman–Crippen MR) is 99.1 cm³/mol. The Morgan fingerprint density at radius 1 is 1.08 bits per heavy atom. The van der Waals surface area contributed by atoms with Crippen LogP contribution in [-0.4, -0.2) is 15.4 Å². The summed E-state index contributed by atoms with van der Waals surface area (Å²) < 4.78 is 2.03. The highest BCUT2D eigenvalue weighted by atomic mass is 15.8. The molecule has 0 atom stereocenters. The Balaban J connectivity index is 1.74. The summed E-state index contributed by atoms with van der Waals surface area (Å²) in [6.07, 6.45) is 6.56. The molecule has 1 aliphatic heterocycles. The van der Waals surface area contributed by atoms with Crippen LogP contribution in [0.2, 0.25) is 0 Å². The van der Waals surface area contributed by atoms with Crippen molar-refractivity contribution in [2.75, 3.05) is 0 Å². The summed E-state index contributed by atoms with van der Waals surface area (Å²) in [4.78, 5) is 4.13. The van der Waals surface area contributed by atoms with Gasteiger partial charge < -0.3 is 4.57 Å². The minimum absolute atomic E-state index is 0.792. The summed E-state index contributed by atoms with van der Waals surface area (Å²) in [5.74, 6) is 0.792. The quantitative estimate of drug-likeness (QED) is 0.687. The van der Waals surface area contributed by atoms with E-state index < -0.39 is 0 Å². The molecule has 0 fully saturated rings. The van der Waals surface area contributed by atoms with Gasteiger partial charge >= 0.3 is 0 Å². The summed E-state index contributed by atoms with van der Waals surface area (Å²) >= 11 is 0. The van der Waals surface area contributed by atoms with Crippen LogP contribution in [0.25, 0.3) is 16.8 Å². The van der Waals surface area contributed by atoms with Crippen molar-refractivity contribution >= 4 is 5.84 Å². The number of imidazole rings is 1. The van der Waals surface area contributed by atoms with Crippen LogP contribution in [-0.2, 0) is 6.42 Å². The largest absolute Gasteiger partial charge is 0.306 e. The van der Waals surface area contributed by atoms with E-state index in [2.05, 4.69) is 76.8 Å². The van der Waals surface area contributed by atoms with Crippen molar-refractivity contribution in [3.05, 3.63) is 71.8 Å². The molecule has 0 radical (unpaired) electrons. The zero-order chi connectivity index (χ0) is 17.2. The number of aryl methyl sites for hydroxylation is 2. The van der Waals surface area contributed by atoms with Gasteiger partial charge in [-0.15, -0.1) is 10.6 Å². The standard InChI is InChI=1S/C19H20N6/c1-3-14-11-16(25-9-8-20-12-25)5-7-18(14)17-6-4-15(10-13(17)2)19-21-23-24-22-19/h4-12,23-24H,3H2,1-2H3,(H,21,22). The van der Waals surface area contributed by atoms with Gasteiger partial charge in [0.05, 0.1) is 6.33 Å². The van der Waals surface area contributed by atoms with Gasteiger partial charge in [-0.25, -0.2) is 10.5 Å². The maximum Gasteiger partial charge on any atom is 0.170 e. The maximum atomic E-state index is 4.16. The summed E-state index contributed by atoms with van der Waals surface area (Å²) in [5.41, 5.74) is 15.7. The number of hydrogen-bond donors (Lipinski definition) is 3. The molecule has 0 amide bonds. The van der Waals surface area contributed by atoms with E-state index in [0.29, 0.717) is 0 Å². The van der Waals surface area contributed by atoms with E-state index in [-0.39, 0.29) is 0 Å². The second-order valence-electron chi connectivity index (χ2n) is 6.02. The molecule has 0 spiro atoms. The second-order valence-corrected chi connectivity index (χ2v) is 6.02. The third-order valence-electron chi connectivity index (χ3n) is 4.47. The fourth-order valence-corrected chi connectivity index (χ4v) is 3.16. The lowest BCUT2D eigenvalue weighted by molar-refractivity contribution is 0.577. The lowest BCUT2D eigenvalue weighted by Gasteiger charge is -2.14. The van der Waals surface area contributed by atoms with Gasteiger partial charge in [0.1, 0.15) is 0 Å². The van der Waals surface area contributed by atoms with Gasteiger partial charge in [0.25, 0.3) is 0 Å². The molecule has 6 nitrogen and oxygen atoms in total. The van der Waals surface area contributed by atoms with Crippen LogP contribution in [0, 0.1) is 6.92 Å². The van der Waals surface area contributed by atoms with E-state index >= 15 is 0 Å². The number of benzene rings is 2. The summed E-state index contributed by atoms with van der Waals surface area (Å²) in [6.45, 7) is 4.33. The molecule has 0 saturated carbocycles. The molecule has 6 heteroatoms. The average molecular weight is 332 g/mol. The first-order chi connectivity index (χ1) is 12.3. The fraction of sp³-hybridized carbons (Fsp3) is 0.158. The SMILES string of the molecule is CCc1cc(-n2ccnc2)ccc1-c1ccc(C2=NNNN2)cc1C. The van der Waals surface area contributed by atoms with Gasteiger partial charge in [-0.1, -0.05) is 25.1 Å². The average Bonchev–Trinajstić information content (AvgIpc) is 3.35. The molecule has 0 saturated heterocycles. The maximum absolute atomic E-state index is 4.16. The Bertz CT molecular complexity index is 927. The lowest BCUT2D eigenvalue weighted by atomic mass is 9.93. The molecule has 2 aromatic carbocycles. The van der Waals surface area contributed by atoms with Crippen LogP contribution in [0.5, 0.6) is 0 Å². The third-order valence-corrected chi connectivity index (χ3v) is 4.47. The van der Waals surface area contributed by atoms with E-state index in [0.717, 1.165) is 23.5 Å². The Morgan fingerprint density at radius 3 is 2.64 bits per heavy atom. The first kappa shape index (κ1) is 15.4. The highest BCUT2D eigenvalue weighted by Crippen LogP contribution is 2.30. The van der Waals surface area contributed by atoms with Crippen LogP contribution >= 0.6 is 0 Å². The van der Waals surface area contributed by atoms with Crippen LogP contribution in [0.4, 0.5) is 0 Å². The van der Waals surface area contributed by atoms with Gasteiger partial charge in [-0.3, -0.25) is 5.43 Å². The molecule has 126 valence electrons. The summed E-state index contributed by atoms with van der Waals surface area (Å²) in [7, 11) is 0. The molecular formula is C19H20N6. The Morgan fingerprint density at radius 2 is 1.96 bits per heavy atom. The molecule has 25 heavy (non-hydrogen) atoms. The van der Waals surface area contributed by atoms with Crippen LogP contribution in [0.3, 0.4) is 0 Å². The van der Waals surface area contributed by atoms with Gasteiger partial charge in [-0.05, 0) is 53.8 Å². The predicted octanol–water partition coefficient (Wildman–Crippen LogP) is 2.68. The minimum Gasteiger partial charge on any atom is -0.306 e. The van der Waals surface area contributed by atoms with E-state index in [4.69, 9.17) is 0 Å². The number of rotatable bonds is 4. The van der Waals surface area contributed by atoms with Crippen molar-refractivity contribution in [3.63, 3.8) is 0 Å². The van der Waals surface area contributed by atoms with E-state index in [1.54, 1.807) is 6.20 Å². The van der Waals surface area contributed by atoms with E-state index in [1.807, 2.05) is 17.1 Å². The Kier molecular flexibility index (Phi) is 3.95. The minimum atomic E-state index is 0.792. The van der Waals surface area contributed by atoms with Crippen molar-refractivity contribution < 1.29 is 0 Å². The first-order valence-corrected chi connectivity index (χ1v) is 8.32. The van der Waals surface area contributed by atoms with Crippen LogP contribution in [0.1, 0.15) is 23.6 Å². The lowest BCUT2D eigenvalue weighted by Crippen LogP contribution is -2.35. The van der Waals surface area contributed by atoms with Gasteiger partial charge in [-0.2, -0.15) is 0 Å². The number of nitrogens with zero attached hydrogens (tertiary/aromatic N) is 3. The van der Waals surface area contributed by atoms with Crippen molar-refractivity contribution in [1.82, 2.24) is 26.0 Å². The number of aromatic nitrogens is 2. The number of hydrazone groups is 1. The topological polar surface area (TPSA) is 66.3 Å². The molecule has 0 aliphatic carbocycles. The molecule has 3 N–H and O–H groups in total. The van der Waals surface area contributed by atoms with Gasteiger partial charge in [0, 0.05) is 23.6 Å². The van der Waals surface area contributed by atoms with Crippen LogP contribution in [0.15, 0.2) is 60.2 Å². The first-order valence-electron chi connectivity index (χ1n) is 8.32. The Hall–Kier alpha value is -3.12. The highest BCUT2D eigenvalue weighted by Gasteiger charge is 2.12. The highest BCUT2D eigenvalue weighted by molar-refractivity contribution is 5.99. The van der Waals surface area contributed by atoms with Gasteiger partial charge in [0.2, 0.25) is 0 Å². The Labute approximate surface area is 146 Å². The van der Waals surface area contributed by atoms with Gasteiger partial charge in [0.15, 0.2) is 5.84 Å². The zero-order valence-electron chi connectivity index (χ0n) is 14.2.